The van der Waals surface area contributed by atoms with Crippen LogP contribution in [0, 0.1) is 0 Å². The molecule has 1 rings (SSSR count). The standard InChI is InChI=1S/C11H16ClN3O/c1-2-6-14-11(16)5-7-13-10-4-3-9(12)8-15-10/h3-4,8H,2,5-7H2,1H3,(H,13,15)(H,14,16). The van der Waals surface area contributed by atoms with Crippen molar-refractivity contribution in [1.82, 2.24) is 10.3 Å². The summed E-state index contributed by atoms with van der Waals surface area (Å²) in [6.45, 7) is 3.33. The molecule has 0 spiro atoms. The molecule has 0 aliphatic rings. The van der Waals surface area contributed by atoms with Crippen LogP contribution in [-0.2, 0) is 4.79 Å². The Morgan fingerprint density at radius 3 is 2.88 bits per heavy atom. The molecule has 1 heterocycles. The lowest BCUT2D eigenvalue weighted by atomic mass is 10.3. The maximum atomic E-state index is 11.3. The van der Waals surface area contributed by atoms with Gasteiger partial charge in [0.1, 0.15) is 5.82 Å². The van der Waals surface area contributed by atoms with Gasteiger partial charge >= 0.3 is 0 Å². The summed E-state index contributed by atoms with van der Waals surface area (Å²) in [6.07, 6.45) is 2.98. The Labute approximate surface area is 100 Å². The van der Waals surface area contributed by atoms with Crippen molar-refractivity contribution in [2.24, 2.45) is 0 Å². The first-order valence-corrected chi connectivity index (χ1v) is 5.72. The fourth-order valence-electron chi connectivity index (χ4n) is 1.14. The van der Waals surface area contributed by atoms with Crippen molar-refractivity contribution in [3.63, 3.8) is 0 Å². The van der Waals surface area contributed by atoms with Crippen molar-refractivity contribution in [3.05, 3.63) is 23.4 Å². The SMILES string of the molecule is CCCNC(=O)CCNc1ccc(Cl)cn1. The average molecular weight is 242 g/mol. The van der Waals surface area contributed by atoms with Crippen molar-refractivity contribution in [2.75, 3.05) is 18.4 Å². The van der Waals surface area contributed by atoms with Gasteiger partial charge in [-0.05, 0) is 18.6 Å². The van der Waals surface area contributed by atoms with Crippen molar-refractivity contribution >= 4 is 23.3 Å². The van der Waals surface area contributed by atoms with Gasteiger partial charge in [-0.1, -0.05) is 18.5 Å². The molecule has 0 saturated carbocycles. The largest absolute Gasteiger partial charge is 0.370 e. The monoisotopic (exact) mass is 241 g/mol. The van der Waals surface area contributed by atoms with Crippen molar-refractivity contribution < 1.29 is 4.79 Å². The number of pyridine rings is 1. The van der Waals surface area contributed by atoms with Crippen LogP contribution in [0.25, 0.3) is 0 Å². The van der Waals surface area contributed by atoms with Crippen molar-refractivity contribution in [2.45, 2.75) is 19.8 Å². The molecule has 0 saturated heterocycles. The van der Waals surface area contributed by atoms with Gasteiger partial charge in [0, 0.05) is 25.7 Å². The lowest BCUT2D eigenvalue weighted by molar-refractivity contribution is -0.120. The summed E-state index contributed by atoms with van der Waals surface area (Å²) in [5.41, 5.74) is 0. The van der Waals surface area contributed by atoms with E-state index < -0.39 is 0 Å². The van der Waals surface area contributed by atoms with Crippen LogP contribution in [0.4, 0.5) is 5.82 Å². The van der Waals surface area contributed by atoms with E-state index in [0.717, 1.165) is 18.8 Å². The molecule has 0 atom stereocenters. The normalized spacial score (nSPS) is 9.88. The van der Waals surface area contributed by atoms with Gasteiger partial charge in [0.05, 0.1) is 5.02 Å². The van der Waals surface area contributed by atoms with Gasteiger partial charge < -0.3 is 10.6 Å². The van der Waals surface area contributed by atoms with E-state index in [9.17, 15) is 4.79 Å². The predicted octanol–water partition coefficient (Wildman–Crippen LogP) is 2.06. The molecule has 5 heteroatoms. The first-order chi connectivity index (χ1) is 7.72. The first kappa shape index (κ1) is 12.8. The van der Waals surface area contributed by atoms with Crippen LogP contribution in [0.5, 0.6) is 0 Å². The molecule has 16 heavy (non-hydrogen) atoms. The highest BCUT2D eigenvalue weighted by Crippen LogP contribution is 2.09. The molecule has 4 nitrogen and oxygen atoms in total. The highest BCUT2D eigenvalue weighted by Gasteiger charge is 1.99. The average Bonchev–Trinajstić information content (AvgIpc) is 2.29. The van der Waals surface area contributed by atoms with Crippen LogP contribution in [0.2, 0.25) is 5.02 Å². The van der Waals surface area contributed by atoms with E-state index in [-0.39, 0.29) is 5.91 Å². The molecule has 0 bridgehead atoms. The molecule has 88 valence electrons. The molecule has 0 radical (unpaired) electrons. The summed E-state index contributed by atoms with van der Waals surface area (Å²) in [4.78, 5) is 15.3. The van der Waals surface area contributed by atoms with E-state index in [1.807, 2.05) is 6.92 Å². The van der Waals surface area contributed by atoms with E-state index in [2.05, 4.69) is 15.6 Å². The molecular formula is C11H16ClN3O. The highest BCUT2D eigenvalue weighted by molar-refractivity contribution is 6.30. The third-order valence-electron chi connectivity index (χ3n) is 1.96. The fourth-order valence-corrected chi connectivity index (χ4v) is 1.25. The Balaban J connectivity index is 2.20. The summed E-state index contributed by atoms with van der Waals surface area (Å²) < 4.78 is 0. The van der Waals surface area contributed by atoms with Gasteiger partial charge in [-0.2, -0.15) is 0 Å². The minimum atomic E-state index is 0.0586. The quantitative estimate of drug-likeness (QED) is 0.802. The molecule has 0 unspecified atom stereocenters. The fraction of sp³-hybridized carbons (Fsp3) is 0.455. The predicted molar refractivity (Wildman–Crippen MR) is 65.7 cm³/mol. The first-order valence-electron chi connectivity index (χ1n) is 5.34. The molecule has 0 aliphatic heterocycles. The second-order valence-corrected chi connectivity index (χ2v) is 3.82. The van der Waals surface area contributed by atoms with Crippen LogP contribution in [0.1, 0.15) is 19.8 Å². The van der Waals surface area contributed by atoms with Gasteiger partial charge in [-0.3, -0.25) is 4.79 Å². The molecule has 1 aromatic heterocycles. The number of anilines is 1. The molecular weight excluding hydrogens is 226 g/mol. The van der Waals surface area contributed by atoms with Crippen molar-refractivity contribution in [1.29, 1.82) is 0 Å². The highest BCUT2D eigenvalue weighted by atomic mass is 35.5. The number of hydrogen-bond donors (Lipinski definition) is 2. The zero-order chi connectivity index (χ0) is 11.8. The Kier molecular flexibility index (Phi) is 5.64. The van der Waals surface area contributed by atoms with Gasteiger partial charge in [0.15, 0.2) is 0 Å². The van der Waals surface area contributed by atoms with Gasteiger partial charge in [-0.15, -0.1) is 0 Å². The maximum Gasteiger partial charge on any atom is 0.221 e. The van der Waals surface area contributed by atoms with E-state index in [0.29, 0.717) is 18.0 Å². The smallest absolute Gasteiger partial charge is 0.221 e. The molecule has 1 amide bonds. The second kappa shape index (κ2) is 7.06. The number of halogens is 1. The topological polar surface area (TPSA) is 54.0 Å². The number of rotatable bonds is 6. The van der Waals surface area contributed by atoms with Crippen molar-refractivity contribution in [3.8, 4) is 0 Å². The Morgan fingerprint density at radius 2 is 2.25 bits per heavy atom. The zero-order valence-corrected chi connectivity index (χ0v) is 10.0. The summed E-state index contributed by atoms with van der Waals surface area (Å²) in [7, 11) is 0. The van der Waals surface area contributed by atoms with Gasteiger partial charge in [-0.25, -0.2) is 4.98 Å². The maximum absolute atomic E-state index is 11.3. The molecule has 2 N–H and O–H groups in total. The molecule has 1 aromatic rings. The van der Waals surface area contributed by atoms with Gasteiger partial charge in [0.25, 0.3) is 0 Å². The minimum absolute atomic E-state index is 0.0586. The summed E-state index contributed by atoms with van der Waals surface area (Å²) in [5.74, 6) is 0.788. The van der Waals surface area contributed by atoms with Crippen LogP contribution >= 0.6 is 11.6 Å². The number of carbonyl (C=O) groups excluding carboxylic acids is 1. The third kappa shape index (κ3) is 4.98. The Morgan fingerprint density at radius 1 is 1.44 bits per heavy atom. The zero-order valence-electron chi connectivity index (χ0n) is 9.29. The molecule has 0 aliphatic carbocycles. The minimum Gasteiger partial charge on any atom is -0.370 e. The Hall–Kier alpha value is -1.29. The number of nitrogens with zero attached hydrogens (tertiary/aromatic N) is 1. The van der Waals surface area contributed by atoms with Crippen LogP contribution in [0.15, 0.2) is 18.3 Å². The van der Waals surface area contributed by atoms with E-state index in [4.69, 9.17) is 11.6 Å². The van der Waals surface area contributed by atoms with E-state index in [1.54, 1.807) is 18.3 Å². The van der Waals surface area contributed by atoms with Crippen LogP contribution in [-0.4, -0.2) is 24.0 Å². The van der Waals surface area contributed by atoms with Crippen LogP contribution < -0.4 is 10.6 Å². The number of nitrogens with one attached hydrogen (secondary N) is 2. The second-order valence-electron chi connectivity index (χ2n) is 3.39. The molecule has 0 fully saturated rings. The summed E-state index contributed by atoms with van der Waals surface area (Å²) in [5, 5.41) is 6.46. The number of carbonyl (C=O) groups is 1. The van der Waals surface area contributed by atoms with E-state index in [1.165, 1.54) is 0 Å². The number of amides is 1. The third-order valence-corrected chi connectivity index (χ3v) is 2.18. The number of hydrogen-bond acceptors (Lipinski definition) is 3. The lowest BCUT2D eigenvalue weighted by Crippen LogP contribution is -2.25. The van der Waals surface area contributed by atoms with Crippen LogP contribution in [0.3, 0.4) is 0 Å². The lowest BCUT2D eigenvalue weighted by Gasteiger charge is -2.05. The number of aromatic nitrogens is 1. The summed E-state index contributed by atoms with van der Waals surface area (Å²) >= 11 is 5.70. The van der Waals surface area contributed by atoms with Gasteiger partial charge in [0.2, 0.25) is 5.91 Å². The Bertz CT molecular complexity index is 327. The van der Waals surface area contributed by atoms with E-state index >= 15 is 0 Å². The summed E-state index contributed by atoms with van der Waals surface area (Å²) in [6, 6.07) is 3.54. The molecule has 0 aromatic carbocycles.